The molecule has 0 saturated carbocycles. The molecule has 2 aromatic heterocycles. The zero-order valence-electron chi connectivity index (χ0n) is 16.5. The highest BCUT2D eigenvalue weighted by Crippen LogP contribution is 2.36. The first kappa shape index (κ1) is 18.9. The van der Waals surface area contributed by atoms with Crippen molar-refractivity contribution < 1.29 is 8.42 Å². The van der Waals surface area contributed by atoms with Crippen molar-refractivity contribution in [2.24, 2.45) is 0 Å². The van der Waals surface area contributed by atoms with Gasteiger partial charge >= 0.3 is 0 Å². The Morgan fingerprint density at radius 2 is 1.61 bits per heavy atom. The van der Waals surface area contributed by atoms with E-state index in [-0.39, 0.29) is 6.04 Å². The summed E-state index contributed by atoms with van der Waals surface area (Å²) in [6, 6.07) is 15.0. The van der Waals surface area contributed by atoms with Crippen molar-refractivity contribution in [3.8, 4) is 5.82 Å². The van der Waals surface area contributed by atoms with Gasteiger partial charge in [-0.05, 0) is 69.5 Å². The van der Waals surface area contributed by atoms with Crippen molar-refractivity contribution in [2.45, 2.75) is 44.6 Å². The molecule has 0 bridgehead atoms. The number of aromatic nitrogens is 2. The molecule has 6 heteroatoms. The molecule has 0 N–H and O–H groups in total. The molecule has 1 fully saturated rings. The quantitative estimate of drug-likeness (QED) is 0.661. The Morgan fingerprint density at radius 1 is 0.929 bits per heavy atom. The van der Waals surface area contributed by atoms with E-state index in [0.717, 1.165) is 41.2 Å². The van der Waals surface area contributed by atoms with Crippen molar-refractivity contribution >= 4 is 10.0 Å². The first-order valence-electron chi connectivity index (χ1n) is 9.58. The van der Waals surface area contributed by atoms with Crippen LogP contribution in [0.1, 0.15) is 41.4 Å². The Hall–Kier alpha value is -2.44. The van der Waals surface area contributed by atoms with Gasteiger partial charge in [-0.15, -0.1) is 0 Å². The summed E-state index contributed by atoms with van der Waals surface area (Å²) in [5.41, 5.74) is 4.25. The second-order valence-corrected chi connectivity index (χ2v) is 9.38. The lowest BCUT2D eigenvalue weighted by atomic mass is 10.1. The highest BCUT2D eigenvalue weighted by atomic mass is 32.2. The standard InChI is InChI=1S/C22H25N3O2S/c1-16-6-11-20(12-7-16)28(26,27)24-14-4-5-21(24)19-10-13-22(23-15-19)25-17(2)8-9-18(25)3/h6-13,15,21H,4-5,14H2,1-3H3. The van der Waals surface area contributed by atoms with Gasteiger partial charge in [0.25, 0.3) is 0 Å². The van der Waals surface area contributed by atoms with Crippen molar-refractivity contribution in [2.75, 3.05) is 6.54 Å². The Morgan fingerprint density at radius 3 is 2.21 bits per heavy atom. The molecule has 0 amide bonds. The molecule has 4 rings (SSSR count). The predicted octanol–water partition coefficient (Wildman–Crippen LogP) is 4.32. The van der Waals surface area contributed by atoms with Crippen LogP contribution in [-0.2, 0) is 10.0 Å². The summed E-state index contributed by atoms with van der Waals surface area (Å²) in [5.74, 6) is 0.856. The Bertz CT molecular complexity index is 1060. The maximum Gasteiger partial charge on any atom is 0.243 e. The van der Waals surface area contributed by atoms with Crippen LogP contribution < -0.4 is 0 Å². The zero-order valence-corrected chi connectivity index (χ0v) is 17.3. The van der Waals surface area contributed by atoms with Gasteiger partial charge in [-0.1, -0.05) is 23.8 Å². The molecule has 1 unspecified atom stereocenters. The summed E-state index contributed by atoms with van der Waals surface area (Å²) in [7, 11) is -3.52. The molecular formula is C22H25N3O2S. The third kappa shape index (κ3) is 3.27. The fourth-order valence-electron chi connectivity index (χ4n) is 3.96. The normalized spacial score (nSPS) is 17.9. The second-order valence-electron chi connectivity index (χ2n) is 7.49. The largest absolute Gasteiger partial charge is 0.303 e. The number of hydrogen-bond donors (Lipinski definition) is 0. The van der Waals surface area contributed by atoms with E-state index >= 15 is 0 Å². The first-order valence-corrected chi connectivity index (χ1v) is 11.0. The highest BCUT2D eigenvalue weighted by Gasteiger charge is 2.36. The Balaban J connectivity index is 1.64. The Labute approximate surface area is 166 Å². The summed E-state index contributed by atoms with van der Waals surface area (Å²) in [4.78, 5) is 4.98. The maximum atomic E-state index is 13.2. The van der Waals surface area contributed by atoms with Gasteiger partial charge in [0.05, 0.1) is 10.9 Å². The monoisotopic (exact) mass is 395 g/mol. The number of sulfonamides is 1. The molecule has 5 nitrogen and oxygen atoms in total. The van der Waals surface area contributed by atoms with Crippen molar-refractivity contribution in [3.63, 3.8) is 0 Å². The number of hydrogen-bond acceptors (Lipinski definition) is 3. The van der Waals surface area contributed by atoms with Crippen LogP contribution in [0.5, 0.6) is 0 Å². The van der Waals surface area contributed by atoms with E-state index in [2.05, 4.69) is 35.5 Å². The smallest absolute Gasteiger partial charge is 0.243 e. The van der Waals surface area contributed by atoms with Crippen LogP contribution in [0.15, 0.2) is 59.6 Å². The van der Waals surface area contributed by atoms with Crippen molar-refractivity contribution in [1.82, 2.24) is 13.9 Å². The predicted molar refractivity (Wildman–Crippen MR) is 110 cm³/mol. The molecule has 0 radical (unpaired) electrons. The van der Waals surface area contributed by atoms with E-state index in [1.54, 1.807) is 16.4 Å². The SMILES string of the molecule is Cc1ccc(S(=O)(=O)N2CCCC2c2ccc(-n3c(C)ccc3C)nc2)cc1. The van der Waals surface area contributed by atoms with Gasteiger partial charge in [0.2, 0.25) is 10.0 Å². The maximum absolute atomic E-state index is 13.2. The van der Waals surface area contributed by atoms with E-state index < -0.39 is 10.0 Å². The molecule has 1 saturated heterocycles. The molecule has 0 spiro atoms. The lowest BCUT2D eigenvalue weighted by Crippen LogP contribution is -2.30. The third-order valence-electron chi connectivity index (χ3n) is 5.49. The fraction of sp³-hybridized carbons (Fsp3) is 0.318. The minimum atomic E-state index is -3.52. The fourth-order valence-corrected chi connectivity index (χ4v) is 5.65. The van der Waals surface area contributed by atoms with Crippen LogP contribution in [0.25, 0.3) is 5.82 Å². The average Bonchev–Trinajstić information content (AvgIpc) is 3.30. The molecule has 1 aliphatic heterocycles. The van der Waals surface area contributed by atoms with Gasteiger partial charge in [-0.2, -0.15) is 4.31 Å². The molecule has 1 aromatic carbocycles. The molecule has 28 heavy (non-hydrogen) atoms. The molecule has 3 heterocycles. The van der Waals surface area contributed by atoms with E-state index in [1.807, 2.05) is 37.4 Å². The van der Waals surface area contributed by atoms with Crippen LogP contribution in [0.3, 0.4) is 0 Å². The average molecular weight is 396 g/mol. The number of rotatable bonds is 4. The van der Waals surface area contributed by atoms with Crippen molar-refractivity contribution in [3.05, 3.63) is 77.2 Å². The number of aryl methyl sites for hydroxylation is 3. The third-order valence-corrected chi connectivity index (χ3v) is 7.41. The van der Waals surface area contributed by atoms with E-state index in [1.165, 1.54) is 0 Å². The van der Waals surface area contributed by atoms with E-state index in [9.17, 15) is 8.42 Å². The minimum absolute atomic E-state index is 0.167. The topological polar surface area (TPSA) is 55.2 Å². The molecule has 1 aliphatic rings. The zero-order chi connectivity index (χ0) is 19.9. The molecule has 1 atom stereocenters. The summed E-state index contributed by atoms with van der Waals surface area (Å²) in [6.45, 7) is 6.60. The van der Waals surface area contributed by atoms with Gasteiger partial charge in [0.15, 0.2) is 0 Å². The molecule has 0 aliphatic carbocycles. The summed E-state index contributed by atoms with van der Waals surface area (Å²) >= 11 is 0. The van der Waals surface area contributed by atoms with Gasteiger partial charge in [-0.3, -0.25) is 0 Å². The number of nitrogens with zero attached hydrogens (tertiary/aromatic N) is 3. The van der Waals surface area contributed by atoms with Crippen molar-refractivity contribution in [1.29, 1.82) is 0 Å². The lowest BCUT2D eigenvalue weighted by molar-refractivity contribution is 0.396. The highest BCUT2D eigenvalue weighted by molar-refractivity contribution is 7.89. The summed E-state index contributed by atoms with van der Waals surface area (Å²) in [5, 5.41) is 0. The van der Waals surface area contributed by atoms with Crippen LogP contribution in [0, 0.1) is 20.8 Å². The van der Waals surface area contributed by atoms with Crippen LogP contribution >= 0.6 is 0 Å². The minimum Gasteiger partial charge on any atom is -0.303 e. The molecule has 146 valence electrons. The first-order chi connectivity index (χ1) is 13.4. The van der Waals surface area contributed by atoms with Crippen LogP contribution in [0.2, 0.25) is 0 Å². The van der Waals surface area contributed by atoms with E-state index in [0.29, 0.717) is 11.4 Å². The van der Waals surface area contributed by atoms with Gasteiger partial charge in [-0.25, -0.2) is 13.4 Å². The summed E-state index contributed by atoms with van der Waals surface area (Å²) < 4.78 is 30.1. The van der Waals surface area contributed by atoms with Gasteiger partial charge in [0.1, 0.15) is 5.82 Å². The lowest BCUT2D eigenvalue weighted by Gasteiger charge is -2.24. The Kier molecular flexibility index (Phi) is 4.85. The van der Waals surface area contributed by atoms with Gasteiger partial charge < -0.3 is 4.57 Å². The number of pyridine rings is 1. The second kappa shape index (κ2) is 7.18. The van der Waals surface area contributed by atoms with Crippen LogP contribution in [-0.4, -0.2) is 28.8 Å². The molecular weight excluding hydrogens is 370 g/mol. The van der Waals surface area contributed by atoms with Crippen LogP contribution in [0.4, 0.5) is 0 Å². The summed E-state index contributed by atoms with van der Waals surface area (Å²) in [6.07, 6.45) is 3.49. The number of benzene rings is 1. The van der Waals surface area contributed by atoms with Gasteiger partial charge in [0, 0.05) is 24.1 Å². The molecule has 3 aromatic rings. The van der Waals surface area contributed by atoms with E-state index in [4.69, 9.17) is 0 Å².